The molecule has 0 unspecified atom stereocenters. The van der Waals surface area contributed by atoms with E-state index in [1.807, 2.05) is 23.1 Å². The predicted octanol–water partition coefficient (Wildman–Crippen LogP) is 3.72. The van der Waals surface area contributed by atoms with Gasteiger partial charge in [0.1, 0.15) is 0 Å². The van der Waals surface area contributed by atoms with E-state index in [0.29, 0.717) is 0 Å². The van der Waals surface area contributed by atoms with Gasteiger partial charge in [-0.25, -0.2) is 4.98 Å². The molecule has 0 aliphatic carbocycles. The minimum Gasteiger partial charge on any atom is -0.241 e. The van der Waals surface area contributed by atoms with E-state index in [1.54, 1.807) is 0 Å². The molecule has 1 nitrogen and oxygen atoms in total. The highest BCUT2D eigenvalue weighted by Gasteiger charge is 2.19. The molecule has 70 valence electrons. The summed E-state index contributed by atoms with van der Waals surface area (Å²) >= 11 is 3.74. The first kappa shape index (κ1) is 8.50. The zero-order valence-electron chi connectivity index (χ0n) is 7.78. The Balaban J connectivity index is 2.28. The molecule has 0 amide bonds. The summed E-state index contributed by atoms with van der Waals surface area (Å²) in [5.74, 6) is 1.08. The molecule has 14 heavy (non-hydrogen) atoms. The number of fused-ring (bicyclic) bond motifs is 3. The largest absolute Gasteiger partial charge is 0.241 e. The lowest BCUT2D eigenvalue weighted by Crippen LogP contribution is -1.92. The summed E-state index contributed by atoms with van der Waals surface area (Å²) in [6, 6.07) is 8.52. The normalized spacial score (nSPS) is 13.5. The van der Waals surface area contributed by atoms with Gasteiger partial charge in [0.05, 0.1) is 10.7 Å². The SMILES string of the molecule is Cc1nc2c(s1)CSc1ccccc1-2. The first-order chi connectivity index (χ1) is 6.84. The molecular formula is C11H9NS2. The Hall–Kier alpha value is -0.800. The lowest BCUT2D eigenvalue weighted by molar-refractivity contribution is 1.24. The van der Waals surface area contributed by atoms with Crippen molar-refractivity contribution in [2.75, 3.05) is 0 Å². The molecule has 1 aromatic heterocycles. The predicted molar refractivity (Wildman–Crippen MR) is 61.8 cm³/mol. The lowest BCUT2D eigenvalue weighted by Gasteiger charge is -2.13. The van der Waals surface area contributed by atoms with E-state index in [1.165, 1.54) is 26.0 Å². The van der Waals surface area contributed by atoms with Crippen LogP contribution in [-0.4, -0.2) is 4.98 Å². The average molecular weight is 219 g/mol. The summed E-state index contributed by atoms with van der Waals surface area (Å²) in [6.45, 7) is 2.08. The van der Waals surface area contributed by atoms with Crippen molar-refractivity contribution >= 4 is 23.1 Å². The Kier molecular flexibility index (Phi) is 1.89. The van der Waals surface area contributed by atoms with Crippen molar-refractivity contribution in [3.05, 3.63) is 34.2 Å². The van der Waals surface area contributed by atoms with E-state index in [-0.39, 0.29) is 0 Å². The summed E-state index contributed by atoms with van der Waals surface area (Å²) in [5, 5.41) is 1.17. The number of aromatic nitrogens is 1. The summed E-state index contributed by atoms with van der Waals surface area (Å²) < 4.78 is 0. The first-order valence-electron chi connectivity index (χ1n) is 4.53. The molecule has 1 aromatic carbocycles. The van der Waals surface area contributed by atoms with E-state index in [4.69, 9.17) is 0 Å². The van der Waals surface area contributed by atoms with Crippen molar-refractivity contribution in [1.82, 2.24) is 4.98 Å². The fourth-order valence-corrected chi connectivity index (χ4v) is 3.79. The maximum Gasteiger partial charge on any atom is 0.0904 e. The number of thiazole rings is 1. The molecule has 0 radical (unpaired) electrons. The van der Waals surface area contributed by atoms with Crippen molar-refractivity contribution in [3.8, 4) is 11.3 Å². The number of nitrogens with zero attached hydrogens (tertiary/aromatic N) is 1. The Morgan fingerprint density at radius 2 is 2.14 bits per heavy atom. The zero-order valence-corrected chi connectivity index (χ0v) is 9.41. The maximum atomic E-state index is 4.60. The Morgan fingerprint density at radius 1 is 1.29 bits per heavy atom. The maximum absolute atomic E-state index is 4.60. The number of aryl methyl sites for hydroxylation is 1. The molecule has 0 bridgehead atoms. The van der Waals surface area contributed by atoms with Crippen LogP contribution in [0.4, 0.5) is 0 Å². The third-order valence-corrected chi connectivity index (χ3v) is 4.56. The summed E-state index contributed by atoms with van der Waals surface area (Å²) in [7, 11) is 0. The van der Waals surface area contributed by atoms with E-state index < -0.39 is 0 Å². The molecule has 0 atom stereocenters. The van der Waals surface area contributed by atoms with Crippen molar-refractivity contribution in [3.63, 3.8) is 0 Å². The molecule has 3 rings (SSSR count). The van der Waals surface area contributed by atoms with Gasteiger partial charge in [0, 0.05) is 21.1 Å². The summed E-state index contributed by atoms with van der Waals surface area (Å²) in [6.07, 6.45) is 0. The minimum absolute atomic E-state index is 1.08. The first-order valence-corrected chi connectivity index (χ1v) is 6.33. The van der Waals surface area contributed by atoms with Crippen LogP contribution in [0, 0.1) is 6.92 Å². The highest BCUT2D eigenvalue weighted by atomic mass is 32.2. The van der Waals surface area contributed by atoms with E-state index in [9.17, 15) is 0 Å². The van der Waals surface area contributed by atoms with Crippen LogP contribution in [0.3, 0.4) is 0 Å². The molecule has 0 saturated carbocycles. The quantitative estimate of drug-likeness (QED) is 0.669. The average Bonchev–Trinajstić information content (AvgIpc) is 2.59. The van der Waals surface area contributed by atoms with Crippen molar-refractivity contribution in [2.24, 2.45) is 0 Å². The highest BCUT2D eigenvalue weighted by Crippen LogP contribution is 2.42. The fraction of sp³-hybridized carbons (Fsp3) is 0.182. The third-order valence-electron chi connectivity index (χ3n) is 2.31. The molecule has 2 heterocycles. The Morgan fingerprint density at radius 3 is 3.07 bits per heavy atom. The van der Waals surface area contributed by atoms with Crippen molar-refractivity contribution in [1.29, 1.82) is 0 Å². The molecule has 1 aliphatic rings. The minimum atomic E-state index is 1.08. The molecule has 0 N–H and O–H groups in total. The summed E-state index contributed by atoms with van der Waals surface area (Å²) in [4.78, 5) is 7.39. The highest BCUT2D eigenvalue weighted by molar-refractivity contribution is 7.98. The van der Waals surface area contributed by atoms with Gasteiger partial charge in [0.2, 0.25) is 0 Å². The second kappa shape index (κ2) is 3.11. The van der Waals surface area contributed by atoms with Gasteiger partial charge in [-0.15, -0.1) is 23.1 Å². The monoisotopic (exact) mass is 219 g/mol. The van der Waals surface area contributed by atoms with Crippen LogP contribution in [0.1, 0.15) is 9.88 Å². The Labute approximate surface area is 91.2 Å². The molecule has 0 spiro atoms. The van der Waals surface area contributed by atoms with Crippen molar-refractivity contribution < 1.29 is 0 Å². The van der Waals surface area contributed by atoms with Gasteiger partial charge < -0.3 is 0 Å². The van der Waals surface area contributed by atoms with Gasteiger partial charge in [-0.05, 0) is 13.0 Å². The number of hydrogen-bond donors (Lipinski definition) is 0. The smallest absolute Gasteiger partial charge is 0.0904 e. The molecular weight excluding hydrogens is 210 g/mol. The van der Waals surface area contributed by atoms with Gasteiger partial charge in [0.15, 0.2) is 0 Å². The third kappa shape index (κ3) is 1.20. The molecule has 0 saturated heterocycles. The van der Waals surface area contributed by atoms with Gasteiger partial charge in [0.25, 0.3) is 0 Å². The Bertz CT molecular complexity index is 488. The van der Waals surface area contributed by atoms with E-state index in [2.05, 4.69) is 36.2 Å². The van der Waals surface area contributed by atoms with Crippen LogP contribution in [0.5, 0.6) is 0 Å². The van der Waals surface area contributed by atoms with E-state index in [0.717, 1.165) is 5.75 Å². The molecule has 0 fully saturated rings. The van der Waals surface area contributed by atoms with Gasteiger partial charge in [-0.2, -0.15) is 0 Å². The van der Waals surface area contributed by atoms with Crippen LogP contribution in [0.2, 0.25) is 0 Å². The van der Waals surface area contributed by atoms with E-state index >= 15 is 0 Å². The second-order valence-electron chi connectivity index (χ2n) is 3.29. The van der Waals surface area contributed by atoms with Crippen molar-refractivity contribution in [2.45, 2.75) is 17.6 Å². The number of benzene rings is 1. The number of thioether (sulfide) groups is 1. The van der Waals surface area contributed by atoms with Gasteiger partial charge in [-0.3, -0.25) is 0 Å². The fourth-order valence-electron chi connectivity index (χ4n) is 1.71. The van der Waals surface area contributed by atoms with Gasteiger partial charge in [-0.1, -0.05) is 18.2 Å². The molecule has 3 heteroatoms. The second-order valence-corrected chi connectivity index (χ2v) is 5.59. The number of rotatable bonds is 0. The molecule has 2 aromatic rings. The van der Waals surface area contributed by atoms with Crippen LogP contribution in [-0.2, 0) is 5.75 Å². The van der Waals surface area contributed by atoms with Crippen LogP contribution in [0.15, 0.2) is 29.2 Å². The zero-order chi connectivity index (χ0) is 9.54. The van der Waals surface area contributed by atoms with Gasteiger partial charge >= 0.3 is 0 Å². The summed E-state index contributed by atoms with van der Waals surface area (Å²) in [5.41, 5.74) is 2.52. The number of hydrogen-bond acceptors (Lipinski definition) is 3. The standard InChI is InChI=1S/C11H9NS2/c1-7-12-11-8-4-2-3-5-9(8)13-6-10(11)14-7/h2-5H,6H2,1H3. The van der Waals surface area contributed by atoms with Crippen LogP contribution >= 0.6 is 23.1 Å². The van der Waals surface area contributed by atoms with Crippen LogP contribution in [0.25, 0.3) is 11.3 Å². The lowest BCUT2D eigenvalue weighted by atomic mass is 10.1. The topological polar surface area (TPSA) is 12.9 Å². The molecule has 1 aliphatic heterocycles. The van der Waals surface area contributed by atoms with Crippen LogP contribution < -0.4 is 0 Å².